The zero-order valence-corrected chi connectivity index (χ0v) is 7.75. The number of hydrogen-bond acceptors (Lipinski definition) is 3. The topological polar surface area (TPSA) is 44.1 Å². The van der Waals surface area contributed by atoms with Crippen molar-refractivity contribution in [1.29, 1.82) is 0 Å². The van der Waals surface area contributed by atoms with Gasteiger partial charge in [-0.15, -0.1) is 0 Å². The first kappa shape index (κ1) is 8.26. The van der Waals surface area contributed by atoms with Crippen LogP contribution in [0.4, 0.5) is 0 Å². The first-order chi connectivity index (χ1) is 5.16. The Hall–Kier alpha value is -0.840. The highest BCUT2D eigenvalue weighted by molar-refractivity contribution is 9.10. The molecule has 1 aromatic heterocycles. The summed E-state index contributed by atoms with van der Waals surface area (Å²) in [4.78, 5) is 14.7. The van der Waals surface area contributed by atoms with Crippen LogP contribution in [0.25, 0.3) is 0 Å². The minimum absolute atomic E-state index is 0.301. The third-order valence-electron chi connectivity index (χ3n) is 1.24. The smallest absolute Gasteiger partial charge is 0.359 e. The third kappa shape index (κ3) is 1.42. The Morgan fingerprint density at radius 2 is 2.45 bits per heavy atom. The number of halogens is 1. The molecule has 1 aromatic rings. The van der Waals surface area contributed by atoms with Crippen LogP contribution in [0.1, 0.15) is 10.5 Å². The fourth-order valence-electron chi connectivity index (χ4n) is 0.649. The monoisotopic (exact) mass is 218 g/mol. The van der Waals surface area contributed by atoms with E-state index >= 15 is 0 Å². The Morgan fingerprint density at radius 3 is 2.82 bits per heavy atom. The maximum absolute atomic E-state index is 10.9. The lowest BCUT2D eigenvalue weighted by atomic mass is 10.5. The Morgan fingerprint density at radius 1 is 1.82 bits per heavy atom. The molecule has 0 N–H and O–H groups in total. The molecule has 0 saturated carbocycles. The van der Waals surface area contributed by atoms with Crippen LogP contribution < -0.4 is 0 Å². The first-order valence-corrected chi connectivity index (χ1v) is 3.71. The molecule has 11 heavy (non-hydrogen) atoms. The average Bonchev–Trinajstić information content (AvgIpc) is 2.32. The van der Waals surface area contributed by atoms with Gasteiger partial charge in [0.05, 0.1) is 13.4 Å². The van der Waals surface area contributed by atoms with Crippen LogP contribution in [0.3, 0.4) is 0 Å². The molecule has 0 radical (unpaired) electrons. The van der Waals surface area contributed by atoms with Gasteiger partial charge < -0.3 is 9.30 Å². The molecule has 0 aliphatic rings. The summed E-state index contributed by atoms with van der Waals surface area (Å²) in [5.41, 5.74) is 0.301. The molecule has 0 atom stereocenters. The largest absolute Gasteiger partial charge is 0.464 e. The Bertz CT molecular complexity index is 282. The van der Waals surface area contributed by atoms with Crippen LogP contribution in [0, 0.1) is 0 Å². The molecule has 0 aromatic carbocycles. The van der Waals surface area contributed by atoms with Crippen molar-refractivity contribution >= 4 is 21.9 Å². The van der Waals surface area contributed by atoms with Crippen LogP contribution in [-0.4, -0.2) is 22.6 Å². The zero-order valence-electron chi connectivity index (χ0n) is 6.17. The number of methoxy groups -OCH3 is 1. The van der Waals surface area contributed by atoms with E-state index in [1.165, 1.54) is 13.4 Å². The second-order valence-electron chi connectivity index (χ2n) is 1.99. The van der Waals surface area contributed by atoms with Crippen molar-refractivity contribution in [3.63, 3.8) is 0 Å². The van der Waals surface area contributed by atoms with E-state index in [9.17, 15) is 4.79 Å². The number of hydrogen-bond donors (Lipinski definition) is 0. The number of aromatic nitrogens is 2. The molecule has 0 bridgehead atoms. The van der Waals surface area contributed by atoms with Gasteiger partial charge in [0, 0.05) is 7.05 Å². The third-order valence-corrected chi connectivity index (χ3v) is 2.18. The maximum atomic E-state index is 10.9. The fraction of sp³-hybridized carbons (Fsp3) is 0.333. The van der Waals surface area contributed by atoms with Gasteiger partial charge in [-0.3, -0.25) is 0 Å². The van der Waals surface area contributed by atoms with E-state index in [2.05, 4.69) is 25.7 Å². The van der Waals surface area contributed by atoms with Gasteiger partial charge in [-0.05, 0) is 15.9 Å². The SMILES string of the molecule is COC(=O)c1ncn(C)c1Br. The predicted molar refractivity (Wildman–Crippen MR) is 42.2 cm³/mol. The lowest BCUT2D eigenvalue weighted by Gasteiger charge is -1.94. The van der Waals surface area contributed by atoms with Gasteiger partial charge in [-0.2, -0.15) is 0 Å². The van der Waals surface area contributed by atoms with E-state index in [0.29, 0.717) is 10.3 Å². The molecule has 5 heteroatoms. The summed E-state index contributed by atoms with van der Waals surface area (Å²) in [5, 5.41) is 0. The van der Waals surface area contributed by atoms with E-state index in [1.54, 1.807) is 11.6 Å². The second-order valence-corrected chi connectivity index (χ2v) is 2.74. The Labute approximate surface area is 72.3 Å². The van der Waals surface area contributed by atoms with Crippen molar-refractivity contribution in [2.45, 2.75) is 0 Å². The van der Waals surface area contributed by atoms with Crippen molar-refractivity contribution in [1.82, 2.24) is 9.55 Å². The molecule has 0 aliphatic heterocycles. The molecular formula is C6H7BrN2O2. The number of carbonyl (C=O) groups is 1. The van der Waals surface area contributed by atoms with Gasteiger partial charge in [-0.25, -0.2) is 9.78 Å². The lowest BCUT2D eigenvalue weighted by Crippen LogP contribution is -2.02. The average molecular weight is 219 g/mol. The number of carbonyl (C=O) groups excluding carboxylic acids is 1. The summed E-state index contributed by atoms with van der Waals surface area (Å²) in [7, 11) is 3.10. The molecule has 1 heterocycles. The number of esters is 1. The number of rotatable bonds is 1. The van der Waals surface area contributed by atoms with Gasteiger partial charge in [0.1, 0.15) is 4.60 Å². The molecular weight excluding hydrogens is 212 g/mol. The minimum atomic E-state index is -0.433. The molecule has 0 fully saturated rings. The Kier molecular flexibility index (Phi) is 2.28. The Balaban J connectivity index is 3.04. The molecule has 0 unspecified atom stereocenters. The molecule has 1 rings (SSSR count). The molecule has 60 valence electrons. The number of nitrogens with zero attached hydrogens (tertiary/aromatic N) is 2. The number of ether oxygens (including phenoxy) is 1. The van der Waals surface area contributed by atoms with Crippen molar-refractivity contribution < 1.29 is 9.53 Å². The van der Waals surface area contributed by atoms with Crippen LogP contribution in [0.5, 0.6) is 0 Å². The molecule has 0 amide bonds. The maximum Gasteiger partial charge on any atom is 0.359 e. The van der Waals surface area contributed by atoms with Crippen molar-refractivity contribution in [2.75, 3.05) is 7.11 Å². The van der Waals surface area contributed by atoms with Crippen molar-refractivity contribution in [2.24, 2.45) is 7.05 Å². The van der Waals surface area contributed by atoms with Crippen molar-refractivity contribution in [3.05, 3.63) is 16.6 Å². The van der Waals surface area contributed by atoms with Gasteiger partial charge in [0.25, 0.3) is 0 Å². The van der Waals surface area contributed by atoms with Gasteiger partial charge in [-0.1, -0.05) is 0 Å². The summed E-state index contributed by atoms with van der Waals surface area (Å²) in [6, 6.07) is 0. The highest BCUT2D eigenvalue weighted by atomic mass is 79.9. The van der Waals surface area contributed by atoms with E-state index in [0.717, 1.165) is 0 Å². The summed E-state index contributed by atoms with van der Waals surface area (Å²) in [6.45, 7) is 0. The predicted octanol–water partition coefficient (Wildman–Crippen LogP) is 0.969. The first-order valence-electron chi connectivity index (χ1n) is 2.92. The van der Waals surface area contributed by atoms with E-state index in [1.807, 2.05) is 0 Å². The van der Waals surface area contributed by atoms with Gasteiger partial charge in [0.2, 0.25) is 0 Å². The zero-order chi connectivity index (χ0) is 8.43. The summed E-state index contributed by atoms with van der Waals surface area (Å²) in [5.74, 6) is -0.433. The molecule has 0 aliphatic carbocycles. The standard InChI is InChI=1S/C6H7BrN2O2/c1-9-3-8-4(5(9)7)6(10)11-2/h3H,1-2H3. The van der Waals surface area contributed by atoms with Gasteiger partial charge in [0.15, 0.2) is 5.69 Å². The summed E-state index contributed by atoms with van der Waals surface area (Å²) >= 11 is 3.19. The van der Waals surface area contributed by atoms with Crippen LogP contribution in [0.15, 0.2) is 10.9 Å². The quantitative estimate of drug-likeness (QED) is 0.661. The molecule has 4 nitrogen and oxygen atoms in total. The number of imidazole rings is 1. The van der Waals surface area contributed by atoms with Crippen LogP contribution in [0.2, 0.25) is 0 Å². The van der Waals surface area contributed by atoms with Gasteiger partial charge >= 0.3 is 5.97 Å². The van der Waals surface area contributed by atoms with Crippen LogP contribution >= 0.6 is 15.9 Å². The van der Waals surface area contributed by atoms with E-state index in [-0.39, 0.29) is 0 Å². The molecule has 0 spiro atoms. The second kappa shape index (κ2) is 3.04. The normalized spacial score (nSPS) is 9.73. The summed E-state index contributed by atoms with van der Waals surface area (Å²) < 4.78 is 6.80. The van der Waals surface area contributed by atoms with Crippen molar-refractivity contribution in [3.8, 4) is 0 Å². The van der Waals surface area contributed by atoms with E-state index < -0.39 is 5.97 Å². The van der Waals surface area contributed by atoms with Crippen LogP contribution in [-0.2, 0) is 11.8 Å². The lowest BCUT2D eigenvalue weighted by molar-refractivity contribution is 0.0593. The highest BCUT2D eigenvalue weighted by Crippen LogP contribution is 2.14. The fourth-order valence-corrected chi connectivity index (χ4v) is 1.00. The molecule has 0 saturated heterocycles. The van der Waals surface area contributed by atoms with E-state index in [4.69, 9.17) is 0 Å². The minimum Gasteiger partial charge on any atom is -0.464 e. The number of aryl methyl sites for hydroxylation is 1. The summed E-state index contributed by atoms with van der Waals surface area (Å²) in [6.07, 6.45) is 1.54. The highest BCUT2D eigenvalue weighted by Gasteiger charge is 2.14.